The van der Waals surface area contributed by atoms with Crippen molar-refractivity contribution in [3.8, 4) is 11.5 Å². The van der Waals surface area contributed by atoms with E-state index >= 15 is 0 Å². The maximum atomic E-state index is 13.4. The van der Waals surface area contributed by atoms with Crippen LogP contribution in [-0.4, -0.2) is 41.7 Å². The first-order valence-corrected chi connectivity index (χ1v) is 9.90. The van der Waals surface area contributed by atoms with Crippen LogP contribution >= 0.6 is 0 Å². The van der Waals surface area contributed by atoms with Crippen molar-refractivity contribution in [3.05, 3.63) is 53.6 Å². The molecule has 2 aromatic rings. The molecule has 1 atom stereocenters. The number of nitrogens with zero attached hydrogens (tertiary/aromatic N) is 2. The molecule has 5 heteroatoms. The first-order chi connectivity index (χ1) is 13.3. The number of carbonyl (C=O) groups is 1. The number of carbonyl (C=O) groups excluding carboxylic acids is 1. The minimum Gasteiger partial charge on any atom is -0.508 e. The monoisotopic (exact) mass is 380 g/mol. The number of aromatic hydroxyl groups is 1. The van der Waals surface area contributed by atoms with Crippen LogP contribution < -0.4 is 9.64 Å². The van der Waals surface area contributed by atoms with E-state index in [1.54, 1.807) is 6.07 Å². The molecule has 2 aliphatic heterocycles. The summed E-state index contributed by atoms with van der Waals surface area (Å²) in [7, 11) is 0. The Morgan fingerprint density at radius 3 is 2.75 bits per heavy atom. The van der Waals surface area contributed by atoms with E-state index in [0.29, 0.717) is 25.4 Å². The van der Waals surface area contributed by atoms with Crippen LogP contribution in [0.25, 0.3) is 0 Å². The molecule has 0 spiro atoms. The number of phenols is 1. The normalized spacial score (nSPS) is 19.5. The van der Waals surface area contributed by atoms with Gasteiger partial charge < -0.3 is 14.7 Å². The van der Waals surface area contributed by atoms with E-state index < -0.39 is 0 Å². The topological polar surface area (TPSA) is 53.0 Å². The summed E-state index contributed by atoms with van der Waals surface area (Å²) in [6.07, 6.45) is 0.847. The number of anilines is 1. The number of hydrogen-bond donors (Lipinski definition) is 1. The summed E-state index contributed by atoms with van der Waals surface area (Å²) in [6, 6.07) is 13.4. The smallest absolute Gasteiger partial charge is 0.241 e. The van der Waals surface area contributed by atoms with Gasteiger partial charge in [-0.25, -0.2) is 0 Å². The third kappa shape index (κ3) is 3.47. The molecule has 0 saturated carbocycles. The fraction of sp³-hybridized carbons (Fsp3) is 0.435. The molecule has 28 heavy (non-hydrogen) atoms. The predicted octanol–water partition coefficient (Wildman–Crippen LogP) is 3.59. The molecule has 2 aliphatic rings. The van der Waals surface area contributed by atoms with Gasteiger partial charge in [0.15, 0.2) is 0 Å². The molecule has 0 fully saturated rings. The second-order valence-electron chi connectivity index (χ2n) is 8.80. The molecular formula is C23H28N2O3. The number of rotatable bonds is 2. The van der Waals surface area contributed by atoms with Crippen LogP contribution in [0.1, 0.15) is 31.9 Å². The number of fused-ring (bicyclic) bond motifs is 2. The molecule has 1 unspecified atom stereocenters. The Labute approximate surface area is 166 Å². The molecule has 2 heterocycles. The van der Waals surface area contributed by atoms with E-state index in [9.17, 15) is 9.90 Å². The lowest BCUT2D eigenvalue weighted by atomic mass is 9.85. The molecule has 0 saturated heterocycles. The molecule has 148 valence electrons. The Morgan fingerprint density at radius 2 is 1.96 bits per heavy atom. The Morgan fingerprint density at radius 1 is 1.18 bits per heavy atom. The predicted molar refractivity (Wildman–Crippen MR) is 110 cm³/mol. The van der Waals surface area contributed by atoms with Gasteiger partial charge in [0, 0.05) is 18.7 Å². The minimum atomic E-state index is -0.101. The fourth-order valence-electron chi connectivity index (χ4n) is 4.16. The molecule has 1 N–H and O–H groups in total. The number of hydrogen-bond acceptors (Lipinski definition) is 4. The highest BCUT2D eigenvalue weighted by Gasteiger charge is 2.39. The van der Waals surface area contributed by atoms with E-state index in [1.165, 1.54) is 5.56 Å². The van der Waals surface area contributed by atoms with Crippen LogP contribution in [0, 0.1) is 5.41 Å². The highest BCUT2D eigenvalue weighted by molar-refractivity contribution is 5.97. The van der Waals surface area contributed by atoms with Gasteiger partial charge in [-0.1, -0.05) is 45.0 Å². The summed E-state index contributed by atoms with van der Waals surface area (Å²) >= 11 is 0. The lowest BCUT2D eigenvalue weighted by Gasteiger charge is -2.44. The number of para-hydroxylation sites is 2. The minimum absolute atomic E-state index is 0.0274. The zero-order valence-corrected chi connectivity index (χ0v) is 16.8. The van der Waals surface area contributed by atoms with Crippen molar-refractivity contribution in [2.75, 3.05) is 24.6 Å². The first kappa shape index (κ1) is 18.8. The number of ether oxygens (including phenoxy) is 1. The van der Waals surface area contributed by atoms with Gasteiger partial charge in [-0.05, 0) is 35.6 Å². The van der Waals surface area contributed by atoms with Gasteiger partial charge in [0.2, 0.25) is 5.91 Å². The maximum Gasteiger partial charge on any atom is 0.241 e. The quantitative estimate of drug-likeness (QED) is 0.865. The largest absolute Gasteiger partial charge is 0.508 e. The van der Waals surface area contributed by atoms with Gasteiger partial charge in [-0.2, -0.15) is 0 Å². The molecule has 5 nitrogen and oxygen atoms in total. The Kier molecular flexibility index (Phi) is 4.79. The van der Waals surface area contributed by atoms with Gasteiger partial charge in [-0.15, -0.1) is 0 Å². The fourth-order valence-corrected chi connectivity index (χ4v) is 4.16. The van der Waals surface area contributed by atoms with Crippen molar-refractivity contribution < 1.29 is 14.6 Å². The third-order valence-electron chi connectivity index (χ3n) is 5.79. The van der Waals surface area contributed by atoms with Gasteiger partial charge in [-0.3, -0.25) is 9.69 Å². The highest BCUT2D eigenvalue weighted by atomic mass is 16.5. The second kappa shape index (κ2) is 7.13. The van der Waals surface area contributed by atoms with E-state index in [0.717, 1.165) is 30.0 Å². The average molecular weight is 380 g/mol. The van der Waals surface area contributed by atoms with Crippen molar-refractivity contribution in [2.45, 2.75) is 39.8 Å². The molecule has 2 aromatic carbocycles. The zero-order valence-electron chi connectivity index (χ0n) is 16.8. The maximum absolute atomic E-state index is 13.4. The summed E-state index contributed by atoms with van der Waals surface area (Å²) in [5.41, 5.74) is 2.86. The Bertz CT molecular complexity index is 888. The summed E-state index contributed by atoms with van der Waals surface area (Å²) < 4.78 is 5.95. The standard InChI is InChI=1S/C23H28N2O3/c1-23(2,3)21-15-28-20-10-5-4-8-18(20)25(21)22(27)14-24-12-11-16-7-6-9-19(26)17(16)13-24/h4-10,21,26H,11-15H2,1-3H3. The summed E-state index contributed by atoms with van der Waals surface area (Å²) in [6.45, 7) is 8.66. The summed E-state index contributed by atoms with van der Waals surface area (Å²) in [4.78, 5) is 17.5. The van der Waals surface area contributed by atoms with Gasteiger partial charge in [0.1, 0.15) is 18.1 Å². The van der Waals surface area contributed by atoms with Crippen LogP contribution in [0.4, 0.5) is 5.69 Å². The SMILES string of the molecule is CC(C)(C)C1COc2ccccc2N1C(=O)CN1CCc2cccc(O)c2C1. The lowest BCUT2D eigenvalue weighted by Crippen LogP contribution is -2.55. The molecule has 0 bridgehead atoms. The second-order valence-corrected chi connectivity index (χ2v) is 8.80. The van der Waals surface area contributed by atoms with Crippen molar-refractivity contribution in [2.24, 2.45) is 5.41 Å². The van der Waals surface area contributed by atoms with Crippen LogP contribution in [0.2, 0.25) is 0 Å². The van der Waals surface area contributed by atoms with E-state index in [2.05, 4.69) is 31.7 Å². The van der Waals surface area contributed by atoms with Gasteiger partial charge in [0.25, 0.3) is 0 Å². The van der Waals surface area contributed by atoms with Crippen molar-refractivity contribution in [1.82, 2.24) is 4.90 Å². The van der Waals surface area contributed by atoms with Crippen LogP contribution in [0.15, 0.2) is 42.5 Å². The zero-order chi connectivity index (χ0) is 19.9. The molecule has 0 aromatic heterocycles. The van der Waals surface area contributed by atoms with Gasteiger partial charge in [0.05, 0.1) is 18.3 Å². The van der Waals surface area contributed by atoms with Crippen LogP contribution in [0.5, 0.6) is 11.5 Å². The molecule has 0 radical (unpaired) electrons. The number of benzene rings is 2. The van der Waals surface area contributed by atoms with Crippen LogP contribution in [0.3, 0.4) is 0 Å². The van der Waals surface area contributed by atoms with Crippen molar-refractivity contribution in [3.63, 3.8) is 0 Å². The Hall–Kier alpha value is -2.53. The van der Waals surface area contributed by atoms with Crippen LogP contribution in [-0.2, 0) is 17.8 Å². The third-order valence-corrected chi connectivity index (χ3v) is 5.79. The molecule has 0 aliphatic carbocycles. The van der Waals surface area contributed by atoms with Gasteiger partial charge >= 0.3 is 0 Å². The summed E-state index contributed by atoms with van der Waals surface area (Å²) in [5, 5.41) is 10.2. The molecule has 1 amide bonds. The van der Waals surface area contributed by atoms with Crippen molar-refractivity contribution >= 4 is 11.6 Å². The molecular weight excluding hydrogens is 352 g/mol. The Balaban J connectivity index is 1.58. The highest BCUT2D eigenvalue weighted by Crippen LogP contribution is 2.39. The lowest BCUT2D eigenvalue weighted by molar-refractivity contribution is -0.121. The first-order valence-electron chi connectivity index (χ1n) is 9.90. The summed E-state index contributed by atoms with van der Waals surface area (Å²) in [5.74, 6) is 1.16. The van der Waals surface area contributed by atoms with E-state index in [4.69, 9.17) is 4.74 Å². The number of amides is 1. The average Bonchev–Trinajstić information content (AvgIpc) is 2.67. The van der Waals surface area contributed by atoms with E-state index in [1.807, 2.05) is 35.2 Å². The van der Waals surface area contributed by atoms with Crippen molar-refractivity contribution in [1.29, 1.82) is 0 Å². The number of phenolic OH excluding ortho intramolecular Hbond substituents is 1. The molecule has 4 rings (SSSR count). The van der Waals surface area contributed by atoms with E-state index in [-0.39, 0.29) is 17.4 Å².